The normalized spacial score (nSPS) is 12.5. The first-order valence-corrected chi connectivity index (χ1v) is 7.36. The van der Waals surface area contributed by atoms with E-state index in [1.165, 1.54) is 12.1 Å². The lowest BCUT2D eigenvalue weighted by atomic mass is 9.98. The van der Waals surface area contributed by atoms with Crippen LogP contribution in [0.3, 0.4) is 0 Å². The van der Waals surface area contributed by atoms with Gasteiger partial charge in [0.1, 0.15) is 5.82 Å². The first kappa shape index (κ1) is 14.8. The van der Waals surface area contributed by atoms with Gasteiger partial charge in [-0.1, -0.05) is 39.7 Å². The molecule has 0 spiro atoms. The minimum absolute atomic E-state index is 0.108. The van der Waals surface area contributed by atoms with Crippen LogP contribution in [-0.2, 0) is 0 Å². The highest BCUT2D eigenvalue weighted by molar-refractivity contribution is 9.10. The van der Waals surface area contributed by atoms with Gasteiger partial charge in [0.2, 0.25) is 0 Å². The zero-order valence-electron chi connectivity index (χ0n) is 10.5. The number of hydrogen-bond acceptors (Lipinski definition) is 0. The molecular formula is C15H12BrCl2F. The molecule has 2 aromatic carbocycles. The van der Waals surface area contributed by atoms with E-state index in [1.54, 1.807) is 6.07 Å². The van der Waals surface area contributed by atoms with E-state index in [0.717, 1.165) is 21.2 Å². The van der Waals surface area contributed by atoms with Gasteiger partial charge < -0.3 is 0 Å². The fourth-order valence-electron chi connectivity index (χ4n) is 1.93. The van der Waals surface area contributed by atoms with Crippen LogP contribution < -0.4 is 0 Å². The van der Waals surface area contributed by atoms with Crippen LogP contribution in [0.2, 0.25) is 5.02 Å². The van der Waals surface area contributed by atoms with Gasteiger partial charge in [-0.3, -0.25) is 0 Å². The van der Waals surface area contributed by atoms with Gasteiger partial charge in [0.15, 0.2) is 0 Å². The summed E-state index contributed by atoms with van der Waals surface area (Å²) in [6, 6.07) is 8.70. The smallest absolute Gasteiger partial charge is 0.142 e. The molecule has 0 saturated carbocycles. The van der Waals surface area contributed by atoms with Crippen molar-refractivity contribution in [2.24, 2.45) is 0 Å². The highest BCUT2D eigenvalue weighted by atomic mass is 79.9. The number of halogens is 4. The number of rotatable bonds is 2. The monoisotopic (exact) mass is 360 g/mol. The van der Waals surface area contributed by atoms with Crippen molar-refractivity contribution in [3.05, 3.63) is 67.9 Å². The third-order valence-electron chi connectivity index (χ3n) is 3.06. The second-order valence-electron chi connectivity index (χ2n) is 4.49. The molecular weight excluding hydrogens is 350 g/mol. The molecule has 4 heteroatoms. The maximum absolute atomic E-state index is 13.5. The van der Waals surface area contributed by atoms with Crippen molar-refractivity contribution in [2.45, 2.75) is 19.2 Å². The van der Waals surface area contributed by atoms with Gasteiger partial charge in [-0.2, -0.15) is 0 Å². The first-order valence-electron chi connectivity index (χ1n) is 5.76. The van der Waals surface area contributed by atoms with Crippen LogP contribution in [0.1, 0.15) is 27.6 Å². The van der Waals surface area contributed by atoms with E-state index in [0.29, 0.717) is 5.56 Å². The lowest BCUT2D eigenvalue weighted by Gasteiger charge is -2.15. The summed E-state index contributed by atoms with van der Waals surface area (Å²) in [5.74, 6) is -0.448. The Morgan fingerprint density at radius 2 is 1.79 bits per heavy atom. The van der Waals surface area contributed by atoms with Crippen LogP contribution in [-0.4, -0.2) is 0 Å². The van der Waals surface area contributed by atoms with E-state index >= 15 is 0 Å². The Hall–Kier alpha value is -0.570. The fraction of sp³-hybridized carbons (Fsp3) is 0.200. The van der Waals surface area contributed by atoms with E-state index in [-0.39, 0.29) is 5.02 Å². The Balaban J connectivity index is 2.46. The summed E-state index contributed by atoms with van der Waals surface area (Å²) in [5.41, 5.74) is 3.84. The molecule has 0 radical (unpaired) electrons. The molecule has 0 nitrogen and oxygen atoms in total. The van der Waals surface area contributed by atoms with Crippen molar-refractivity contribution >= 4 is 39.1 Å². The summed E-state index contributed by atoms with van der Waals surface area (Å²) in [6.07, 6.45) is 0. The van der Waals surface area contributed by atoms with Crippen LogP contribution >= 0.6 is 39.1 Å². The topological polar surface area (TPSA) is 0 Å². The maximum Gasteiger partial charge on any atom is 0.142 e. The largest absolute Gasteiger partial charge is 0.205 e. The van der Waals surface area contributed by atoms with Gasteiger partial charge in [-0.05, 0) is 54.3 Å². The van der Waals surface area contributed by atoms with E-state index in [1.807, 2.05) is 26.0 Å². The Bertz CT molecular complexity index is 626. The molecule has 1 atom stereocenters. The minimum atomic E-state index is -0.448. The van der Waals surface area contributed by atoms with Gasteiger partial charge in [0.25, 0.3) is 0 Å². The third-order valence-corrected chi connectivity index (χ3v) is 4.70. The number of aryl methyl sites for hydroxylation is 2. The van der Waals surface area contributed by atoms with Crippen LogP contribution in [0.15, 0.2) is 34.8 Å². The lowest BCUT2D eigenvalue weighted by Crippen LogP contribution is -1.98. The molecule has 100 valence electrons. The van der Waals surface area contributed by atoms with Gasteiger partial charge in [-0.25, -0.2) is 4.39 Å². The highest BCUT2D eigenvalue weighted by Gasteiger charge is 2.16. The molecule has 1 unspecified atom stereocenters. The molecule has 2 rings (SSSR count). The standard InChI is InChI=1S/C15H12BrCl2F/c1-8-6-12(16)9(2)5-11(8)15(18)10-3-4-13(17)14(19)7-10/h3-7,15H,1-2H3. The Labute approximate surface area is 130 Å². The van der Waals surface area contributed by atoms with Gasteiger partial charge in [0, 0.05) is 4.47 Å². The van der Waals surface area contributed by atoms with Crippen molar-refractivity contribution in [1.29, 1.82) is 0 Å². The fourth-order valence-corrected chi connectivity index (χ4v) is 2.87. The molecule has 0 aliphatic rings. The highest BCUT2D eigenvalue weighted by Crippen LogP contribution is 2.34. The zero-order valence-corrected chi connectivity index (χ0v) is 13.6. The van der Waals surface area contributed by atoms with Gasteiger partial charge >= 0.3 is 0 Å². The van der Waals surface area contributed by atoms with E-state index in [2.05, 4.69) is 15.9 Å². The minimum Gasteiger partial charge on any atom is -0.205 e. The van der Waals surface area contributed by atoms with Crippen LogP contribution in [0.25, 0.3) is 0 Å². The second kappa shape index (κ2) is 5.82. The predicted molar refractivity (Wildman–Crippen MR) is 82.7 cm³/mol. The number of hydrogen-bond donors (Lipinski definition) is 0. The molecule has 2 aromatic rings. The average Bonchev–Trinajstić information content (AvgIpc) is 2.36. The van der Waals surface area contributed by atoms with Crippen LogP contribution in [0, 0.1) is 19.7 Å². The summed E-state index contributed by atoms with van der Waals surface area (Å²) in [5, 5.41) is -0.283. The average molecular weight is 362 g/mol. The van der Waals surface area contributed by atoms with Crippen molar-refractivity contribution in [1.82, 2.24) is 0 Å². The molecule has 0 fully saturated rings. The van der Waals surface area contributed by atoms with E-state index in [4.69, 9.17) is 23.2 Å². The Kier molecular flexibility index (Phi) is 4.54. The van der Waals surface area contributed by atoms with Crippen molar-refractivity contribution in [3.8, 4) is 0 Å². The molecule has 0 bridgehead atoms. The molecule has 0 heterocycles. The molecule has 19 heavy (non-hydrogen) atoms. The zero-order chi connectivity index (χ0) is 14.2. The number of benzene rings is 2. The van der Waals surface area contributed by atoms with Crippen LogP contribution in [0.5, 0.6) is 0 Å². The second-order valence-corrected chi connectivity index (χ2v) is 6.19. The molecule has 0 aliphatic heterocycles. The summed E-state index contributed by atoms with van der Waals surface area (Å²) < 4.78 is 14.5. The van der Waals surface area contributed by atoms with E-state index in [9.17, 15) is 4.39 Å². The summed E-state index contributed by atoms with van der Waals surface area (Å²) >= 11 is 15.6. The van der Waals surface area contributed by atoms with Crippen molar-refractivity contribution < 1.29 is 4.39 Å². The van der Waals surface area contributed by atoms with Gasteiger partial charge in [-0.15, -0.1) is 11.6 Å². The Morgan fingerprint density at radius 3 is 2.42 bits per heavy atom. The quantitative estimate of drug-likeness (QED) is 0.559. The molecule has 0 saturated heterocycles. The van der Waals surface area contributed by atoms with E-state index < -0.39 is 11.2 Å². The summed E-state index contributed by atoms with van der Waals surface area (Å²) in [7, 11) is 0. The predicted octanol–water partition coefficient (Wildman–Crippen LogP) is 6.19. The first-order chi connectivity index (χ1) is 8.90. The molecule has 0 amide bonds. The maximum atomic E-state index is 13.5. The van der Waals surface area contributed by atoms with Crippen molar-refractivity contribution in [2.75, 3.05) is 0 Å². The molecule has 0 N–H and O–H groups in total. The summed E-state index contributed by atoms with van der Waals surface area (Å²) in [6.45, 7) is 3.99. The van der Waals surface area contributed by atoms with Gasteiger partial charge in [0.05, 0.1) is 10.4 Å². The lowest BCUT2D eigenvalue weighted by molar-refractivity contribution is 0.626. The molecule has 0 aliphatic carbocycles. The number of alkyl halides is 1. The third kappa shape index (κ3) is 3.13. The van der Waals surface area contributed by atoms with Crippen LogP contribution in [0.4, 0.5) is 4.39 Å². The van der Waals surface area contributed by atoms with Crippen molar-refractivity contribution in [3.63, 3.8) is 0 Å². The SMILES string of the molecule is Cc1cc(C(Cl)c2ccc(Cl)c(F)c2)c(C)cc1Br. The Morgan fingerprint density at radius 1 is 1.11 bits per heavy atom. The molecule has 0 aromatic heterocycles. The summed E-state index contributed by atoms with van der Waals surface area (Å²) in [4.78, 5) is 0.